The van der Waals surface area contributed by atoms with E-state index in [1.807, 2.05) is 13.8 Å². The summed E-state index contributed by atoms with van der Waals surface area (Å²) in [7, 11) is -1.54. The zero-order chi connectivity index (χ0) is 32.6. The van der Waals surface area contributed by atoms with Crippen LogP contribution in [0.2, 0.25) is 0 Å². The SMILES string of the molecule is CCC(C)NC(=O)C(C)N(Cc1cccc(OC)c1)C(=O)CN(c1ccc(OC)cc1)S(=O)(=O)c1ccc(C)c([N+](=O)[O-])c1. The minimum atomic E-state index is -4.51. The first-order valence-corrected chi connectivity index (χ1v) is 15.4. The Morgan fingerprint density at radius 1 is 0.977 bits per heavy atom. The van der Waals surface area contributed by atoms with Crippen molar-refractivity contribution in [3.05, 3.63) is 88.0 Å². The predicted molar refractivity (Wildman–Crippen MR) is 166 cm³/mol. The van der Waals surface area contributed by atoms with Crippen LogP contribution in [0.25, 0.3) is 0 Å². The Labute approximate surface area is 257 Å². The topological polar surface area (TPSA) is 148 Å². The van der Waals surface area contributed by atoms with Gasteiger partial charge in [0.2, 0.25) is 11.8 Å². The number of methoxy groups -OCH3 is 2. The molecule has 0 fully saturated rings. The van der Waals surface area contributed by atoms with E-state index in [1.54, 1.807) is 31.2 Å². The maximum absolute atomic E-state index is 14.1. The third-order valence-corrected chi connectivity index (χ3v) is 9.03. The van der Waals surface area contributed by atoms with E-state index in [-0.39, 0.29) is 34.4 Å². The van der Waals surface area contributed by atoms with Gasteiger partial charge in [-0.25, -0.2) is 8.42 Å². The van der Waals surface area contributed by atoms with E-state index in [0.717, 1.165) is 10.4 Å². The second kappa shape index (κ2) is 14.7. The van der Waals surface area contributed by atoms with Crippen LogP contribution in [0.1, 0.15) is 38.3 Å². The van der Waals surface area contributed by atoms with Gasteiger partial charge in [-0.1, -0.05) is 25.1 Å². The first kappa shape index (κ1) is 33.8. The lowest BCUT2D eigenvalue weighted by atomic mass is 10.1. The van der Waals surface area contributed by atoms with E-state index >= 15 is 0 Å². The first-order valence-electron chi connectivity index (χ1n) is 14.0. The maximum atomic E-state index is 14.1. The van der Waals surface area contributed by atoms with Crippen LogP contribution in [-0.4, -0.2) is 62.9 Å². The second-order valence-electron chi connectivity index (χ2n) is 10.3. The van der Waals surface area contributed by atoms with Crippen LogP contribution >= 0.6 is 0 Å². The molecule has 13 heteroatoms. The van der Waals surface area contributed by atoms with Gasteiger partial charge in [-0.05, 0) is 75.2 Å². The van der Waals surface area contributed by atoms with Crippen LogP contribution in [0.4, 0.5) is 11.4 Å². The molecule has 0 saturated carbocycles. The van der Waals surface area contributed by atoms with E-state index in [0.29, 0.717) is 23.5 Å². The zero-order valence-electron chi connectivity index (χ0n) is 25.6. The molecule has 0 aliphatic carbocycles. The van der Waals surface area contributed by atoms with Crippen molar-refractivity contribution >= 4 is 33.2 Å². The number of ether oxygens (including phenoxy) is 2. The van der Waals surface area contributed by atoms with Gasteiger partial charge >= 0.3 is 0 Å². The van der Waals surface area contributed by atoms with Crippen molar-refractivity contribution in [2.75, 3.05) is 25.1 Å². The monoisotopic (exact) mass is 626 g/mol. The molecule has 0 aliphatic rings. The van der Waals surface area contributed by atoms with Crippen LogP contribution in [0.15, 0.2) is 71.6 Å². The number of anilines is 1. The average Bonchev–Trinajstić information content (AvgIpc) is 3.01. The van der Waals surface area contributed by atoms with E-state index in [2.05, 4.69) is 5.32 Å². The van der Waals surface area contributed by atoms with E-state index in [4.69, 9.17) is 9.47 Å². The molecule has 3 aromatic carbocycles. The standard InChI is InChI=1S/C31H38N4O8S/c1-7-22(3)32-31(37)23(4)33(19-24-9-8-10-27(17-24)43-6)30(36)20-34(25-12-14-26(42-5)15-13-25)44(40,41)28-16-11-21(2)29(18-28)35(38)39/h8-18,22-23H,7,19-20H2,1-6H3,(H,32,37). The molecule has 0 aromatic heterocycles. The van der Waals surface area contributed by atoms with Crippen LogP contribution in [0.3, 0.4) is 0 Å². The number of hydrogen-bond donors (Lipinski definition) is 1. The lowest BCUT2D eigenvalue weighted by Gasteiger charge is -2.32. The van der Waals surface area contributed by atoms with Crippen LogP contribution in [-0.2, 0) is 26.2 Å². The molecule has 2 atom stereocenters. The van der Waals surface area contributed by atoms with Crippen LogP contribution < -0.4 is 19.1 Å². The van der Waals surface area contributed by atoms with E-state index in [1.165, 1.54) is 62.4 Å². The lowest BCUT2D eigenvalue weighted by molar-refractivity contribution is -0.385. The van der Waals surface area contributed by atoms with Crippen molar-refractivity contribution in [1.82, 2.24) is 10.2 Å². The van der Waals surface area contributed by atoms with Gasteiger partial charge in [-0.15, -0.1) is 0 Å². The Morgan fingerprint density at radius 3 is 2.23 bits per heavy atom. The fourth-order valence-electron chi connectivity index (χ4n) is 4.37. The van der Waals surface area contributed by atoms with Gasteiger partial charge in [-0.3, -0.25) is 24.0 Å². The zero-order valence-corrected chi connectivity index (χ0v) is 26.5. The minimum Gasteiger partial charge on any atom is -0.497 e. The number of amides is 2. The summed E-state index contributed by atoms with van der Waals surface area (Å²) in [6.07, 6.45) is 0.675. The molecule has 0 bridgehead atoms. The number of nitro benzene ring substituents is 1. The number of rotatable bonds is 14. The maximum Gasteiger partial charge on any atom is 0.273 e. The molecule has 0 aliphatic heterocycles. The fourth-order valence-corrected chi connectivity index (χ4v) is 5.80. The van der Waals surface area contributed by atoms with E-state index < -0.39 is 39.3 Å². The molecular weight excluding hydrogens is 588 g/mol. The van der Waals surface area contributed by atoms with Crippen molar-refractivity contribution in [2.45, 2.75) is 57.6 Å². The van der Waals surface area contributed by atoms with Crippen molar-refractivity contribution < 1.29 is 32.4 Å². The number of aryl methyl sites for hydroxylation is 1. The largest absolute Gasteiger partial charge is 0.497 e. The van der Waals surface area contributed by atoms with E-state index in [9.17, 15) is 28.1 Å². The number of benzene rings is 3. The number of carbonyl (C=O) groups is 2. The molecule has 0 spiro atoms. The molecule has 0 saturated heterocycles. The minimum absolute atomic E-state index is 0.0162. The van der Waals surface area contributed by atoms with Gasteiger partial charge in [-0.2, -0.15) is 0 Å². The van der Waals surface area contributed by atoms with Crippen LogP contribution in [0, 0.1) is 17.0 Å². The summed E-state index contributed by atoms with van der Waals surface area (Å²) in [6.45, 7) is 6.13. The molecule has 2 amide bonds. The Morgan fingerprint density at radius 2 is 1.64 bits per heavy atom. The molecule has 3 aromatic rings. The van der Waals surface area contributed by atoms with Crippen molar-refractivity contribution in [1.29, 1.82) is 0 Å². The number of nitrogens with zero attached hydrogens (tertiary/aromatic N) is 3. The summed E-state index contributed by atoms with van der Waals surface area (Å²) in [5, 5.41) is 14.5. The van der Waals surface area contributed by atoms with Gasteiger partial charge in [0.1, 0.15) is 24.1 Å². The molecule has 2 unspecified atom stereocenters. The number of nitrogens with one attached hydrogen (secondary N) is 1. The average molecular weight is 627 g/mol. The summed E-state index contributed by atoms with van der Waals surface area (Å²) in [5.41, 5.74) is 0.697. The quantitative estimate of drug-likeness (QED) is 0.204. The molecule has 12 nitrogen and oxygen atoms in total. The molecule has 3 rings (SSSR count). The van der Waals surface area contributed by atoms with Gasteiger partial charge in [0, 0.05) is 24.2 Å². The Bertz CT molecular complexity index is 1590. The summed E-state index contributed by atoms with van der Waals surface area (Å²) >= 11 is 0. The smallest absolute Gasteiger partial charge is 0.273 e. The molecule has 0 heterocycles. The van der Waals surface area contributed by atoms with Crippen molar-refractivity contribution in [2.24, 2.45) is 0 Å². The molecular formula is C31H38N4O8S. The summed E-state index contributed by atoms with van der Waals surface area (Å²) in [5.74, 6) is -0.0577. The highest BCUT2D eigenvalue weighted by atomic mass is 32.2. The molecule has 0 radical (unpaired) electrons. The Hall–Kier alpha value is -4.65. The van der Waals surface area contributed by atoms with Crippen molar-refractivity contribution in [3.8, 4) is 11.5 Å². The predicted octanol–water partition coefficient (Wildman–Crippen LogP) is 4.45. The highest BCUT2D eigenvalue weighted by molar-refractivity contribution is 7.92. The first-order chi connectivity index (χ1) is 20.8. The van der Waals surface area contributed by atoms with Crippen LogP contribution in [0.5, 0.6) is 11.5 Å². The summed E-state index contributed by atoms with van der Waals surface area (Å²) < 4.78 is 39.5. The number of nitro groups is 1. The van der Waals surface area contributed by atoms with Gasteiger partial charge < -0.3 is 19.7 Å². The third kappa shape index (κ3) is 8.04. The molecule has 236 valence electrons. The fraction of sp³-hybridized carbons (Fsp3) is 0.355. The lowest BCUT2D eigenvalue weighted by Crippen LogP contribution is -2.52. The number of hydrogen-bond acceptors (Lipinski definition) is 8. The number of carbonyl (C=O) groups excluding carboxylic acids is 2. The Balaban J connectivity index is 2.10. The van der Waals surface area contributed by atoms with Gasteiger partial charge in [0.25, 0.3) is 15.7 Å². The summed E-state index contributed by atoms with van der Waals surface area (Å²) in [4.78, 5) is 39.2. The van der Waals surface area contributed by atoms with Gasteiger partial charge in [0.05, 0.1) is 29.7 Å². The van der Waals surface area contributed by atoms with Crippen molar-refractivity contribution in [3.63, 3.8) is 0 Å². The highest BCUT2D eigenvalue weighted by Crippen LogP contribution is 2.29. The summed E-state index contributed by atoms with van der Waals surface area (Å²) in [6, 6.07) is 15.5. The normalized spacial score (nSPS) is 12.5. The molecule has 1 N–H and O–H groups in total. The third-order valence-electron chi connectivity index (χ3n) is 7.26. The second-order valence-corrected chi connectivity index (χ2v) is 12.1. The van der Waals surface area contributed by atoms with Gasteiger partial charge in [0.15, 0.2) is 0 Å². The Kier molecular flexibility index (Phi) is 11.3. The highest BCUT2D eigenvalue weighted by Gasteiger charge is 2.33. The molecule has 44 heavy (non-hydrogen) atoms. The number of sulfonamides is 1.